The Balaban J connectivity index is 1.62. The van der Waals surface area contributed by atoms with Crippen molar-refractivity contribution in [3.63, 3.8) is 0 Å². The number of carbonyl (C=O) groups excluding carboxylic acids is 1. The van der Waals surface area contributed by atoms with Gasteiger partial charge in [-0.2, -0.15) is 0 Å². The van der Waals surface area contributed by atoms with Crippen LogP contribution in [0, 0.1) is 11.6 Å². The van der Waals surface area contributed by atoms with Gasteiger partial charge in [-0.25, -0.2) is 8.78 Å². The van der Waals surface area contributed by atoms with Crippen molar-refractivity contribution in [3.05, 3.63) is 70.1 Å². The maximum atomic E-state index is 13.1. The first-order valence-corrected chi connectivity index (χ1v) is 7.96. The fraction of sp³-hybridized carbons (Fsp3) is 0.118. The Labute approximate surface area is 140 Å². The molecule has 0 saturated carbocycles. The Morgan fingerprint density at radius 3 is 2.79 bits per heavy atom. The molecular formula is C17H13F2NO3S. The van der Waals surface area contributed by atoms with E-state index >= 15 is 0 Å². The summed E-state index contributed by atoms with van der Waals surface area (Å²) in [5, 5.41) is 14.5. The zero-order chi connectivity index (χ0) is 17.1. The van der Waals surface area contributed by atoms with Crippen LogP contribution in [0.4, 0.5) is 8.78 Å². The molecule has 2 heterocycles. The fourth-order valence-corrected chi connectivity index (χ4v) is 3.01. The Kier molecular flexibility index (Phi) is 4.73. The normalized spacial score (nSPS) is 12.1. The van der Waals surface area contributed by atoms with Crippen molar-refractivity contribution in [1.82, 2.24) is 5.32 Å². The average molecular weight is 349 g/mol. The third kappa shape index (κ3) is 3.52. The number of benzene rings is 1. The van der Waals surface area contributed by atoms with E-state index in [-0.39, 0.29) is 12.1 Å². The van der Waals surface area contributed by atoms with E-state index in [9.17, 15) is 18.7 Å². The molecule has 124 valence electrons. The number of thiophene rings is 1. The molecule has 0 fully saturated rings. The molecule has 24 heavy (non-hydrogen) atoms. The minimum absolute atomic E-state index is 0.0106. The van der Waals surface area contributed by atoms with Gasteiger partial charge in [0.15, 0.2) is 11.6 Å². The van der Waals surface area contributed by atoms with E-state index in [4.69, 9.17) is 4.42 Å². The van der Waals surface area contributed by atoms with Crippen molar-refractivity contribution in [2.24, 2.45) is 0 Å². The number of hydrogen-bond donors (Lipinski definition) is 2. The van der Waals surface area contributed by atoms with Crippen LogP contribution < -0.4 is 5.32 Å². The summed E-state index contributed by atoms with van der Waals surface area (Å²) in [6, 6.07) is 8.24. The number of amides is 1. The molecule has 2 aromatic heterocycles. The summed E-state index contributed by atoms with van der Waals surface area (Å²) in [5.74, 6) is -2.01. The minimum atomic E-state index is -1.09. The Hall–Kier alpha value is -2.51. The lowest BCUT2D eigenvalue weighted by molar-refractivity contribution is 0.0917. The number of carbonyl (C=O) groups is 1. The molecule has 7 heteroatoms. The van der Waals surface area contributed by atoms with Crippen LogP contribution in [0.25, 0.3) is 11.3 Å². The van der Waals surface area contributed by atoms with Gasteiger partial charge in [0.05, 0.1) is 6.26 Å². The molecule has 1 amide bonds. The van der Waals surface area contributed by atoms with Gasteiger partial charge in [-0.05, 0) is 36.4 Å². The van der Waals surface area contributed by atoms with Crippen molar-refractivity contribution in [3.8, 4) is 11.3 Å². The molecule has 3 aromatic rings. The Morgan fingerprint density at radius 1 is 1.25 bits per heavy atom. The van der Waals surface area contributed by atoms with Crippen molar-refractivity contribution in [2.45, 2.75) is 6.10 Å². The summed E-state index contributed by atoms with van der Waals surface area (Å²) in [6.45, 7) is -0.0457. The summed E-state index contributed by atoms with van der Waals surface area (Å²) < 4.78 is 31.3. The average Bonchev–Trinajstić information content (AvgIpc) is 3.25. The first kappa shape index (κ1) is 16.4. The number of aliphatic hydroxyl groups excluding tert-OH is 1. The molecule has 2 N–H and O–H groups in total. The van der Waals surface area contributed by atoms with Crippen LogP contribution >= 0.6 is 11.3 Å². The largest absolute Gasteiger partial charge is 0.464 e. The molecule has 1 unspecified atom stereocenters. The summed E-state index contributed by atoms with van der Waals surface area (Å²) in [7, 11) is 0. The first-order valence-electron chi connectivity index (χ1n) is 7.08. The van der Waals surface area contributed by atoms with E-state index in [0.29, 0.717) is 10.6 Å². The van der Waals surface area contributed by atoms with Crippen LogP contribution in [0.5, 0.6) is 0 Å². The zero-order valence-electron chi connectivity index (χ0n) is 12.3. The smallest absolute Gasteiger partial charge is 0.251 e. The third-order valence-electron chi connectivity index (χ3n) is 3.39. The second kappa shape index (κ2) is 6.94. The summed E-state index contributed by atoms with van der Waals surface area (Å²) >= 11 is 1.34. The molecule has 1 atom stereocenters. The molecule has 0 radical (unpaired) electrons. The van der Waals surface area contributed by atoms with Gasteiger partial charge in [0.2, 0.25) is 0 Å². The van der Waals surface area contributed by atoms with Gasteiger partial charge in [-0.3, -0.25) is 4.79 Å². The van der Waals surface area contributed by atoms with Gasteiger partial charge >= 0.3 is 0 Å². The second-order valence-corrected chi connectivity index (χ2v) is 6.01. The highest BCUT2D eigenvalue weighted by Gasteiger charge is 2.15. The number of hydrogen-bond acceptors (Lipinski definition) is 4. The van der Waals surface area contributed by atoms with Crippen molar-refractivity contribution < 1.29 is 23.1 Å². The lowest BCUT2D eigenvalue weighted by atomic mass is 10.2. The van der Waals surface area contributed by atoms with Gasteiger partial charge in [0.1, 0.15) is 11.9 Å². The lowest BCUT2D eigenvalue weighted by Crippen LogP contribution is -2.28. The van der Waals surface area contributed by atoms with Crippen molar-refractivity contribution in [1.29, 1.82) is 0 Å². The molecular weight excluding hydrogens is 336 g/mol. The minimum Gasteiger partial charge on any atom is -0.464 e. The number of aliphatic hydroxyl groups is 1. The molecule has 1 aromatic carbocycles. The monoisotopic (exact) mass is 349 g/mol. The number of rotatable bonds is 5. The molecule has 0 aliphatic rings. The molecule has 0 spiro atoms. The maximum absolute atomic E-state index is 13.1. The molecule has 0 aliphatic carbocycles. The molecule has 3 rings (SSSR count). The predicted octanol–water partition coefficient (Wildman–Crippen LogP) is 3.75. The van der Waals surface area contributed by atoms with Crippen LogP contribution in [-0.2, 0) is 0 Å². The highest BCUT2D eigenvalue weighted by molar-refractivity contribution is 7.10. The van der Waals surface area contributed by atoms with E-state index in [1.54, 1.807) is 18.4 Å². The SMILES string of the molecule is O=C(NCC(O)c1cc(-c2ccco2)cs1)c1ccc(F)c(F)c1. The van der Waals surface area contributed by atoms with Crippen LogP contribution in [-0.4, -0.2) is 17.6 Å². The lowest BCUT2D eigenvalue weighted by Gasteiger charge is -2.10. The van der Waals surface area contributed by atoms with Crippen LogP contribution in [0.1, 0.15) is 21.3 Å². The maximum Gasteiger partial charge on any atom is 0.251 e. The van der Waals surface area contributed by atoms with E-state index in [0.717, 1.165) is 17.7 Å². The van der Waals surface area contributed by atoms with E-state index in [1.807, 2.05) is 11.4 Å². The molecule has 4 nitrogen and oxygen atoms in total. The number of halogens is 2. The van der Waals surface area contributed by atoms with Gasteiger partial charge in [0, 0.05) is 27.9 Å². The van der Waals surface area contributed by atoms with Gasteiger partial charge in [-0.15, -0.1) is 11.3 Å². The Bertz CT molecular complexity index is 845. The number of furan rings is 1. The molecule has 0 saturated heterocycles. The quantitative estimate of drug-likeness (QED) is 0.737. The van der Waals surface area contributed by atoms with Gasteiger partial charge < -0.3 is 14.8 Å². The van der Waals surface area contributed by atoms with Crippen molar-refractivity contribution in [2.75, 3.05) is 6.54 Å². The predicted molar refractivity (Wildman–Crippen MR) is 85.7 cm³/mol. The highest BCUT2D eigenvalue weighted by Crippen LogP contribution is 2.29. The van der Waals surface area contributed by atoms with Gasteiger partial charge in [0.25, 0.3) is 5.91 Å². The topological polar surface area (TPSA) is 62.5 Å². The summed E-state index contributed by atoms with van der Waals surface area (Å²) in [6.07, 6.45) is 0.651. The van der Waals surface area contributed by atoms with Crippen LogP contribution in [0.15, 0.2) is 52.5 Å². The second-order valence-electron chi connectivity index (χ2n) is 5.07. The molecule has 0 bridgehead atoms. The zero-order valence-corrected chi connectivity index (χ0v) is 13.1. The summed E-state index contributed by atoms with van der Waals surface area (Å²) in [4.78, 5) is 12.6. The summed E-state index contributed by atoms with van der Waals surface area (Å²) in [5.41, 5.74) is 0.828. The van der Waals surface area contributed by atoms with E-state index < -0.39 is 23.6 Å². The number of nitrogens with one attached hydrogen (secondary N) is 1. The standard InChI is InChI=1S/C17H13F2NO3S/c18-12-4-3-10(6-13(12)19)17(22)20-8-14(21)16-7-11(9-24-16)15-2-1-5-23-15/h1-7,9,14,21H,8H2,(H,20,22). The van der Waals surface area contributed by atoms with E-state index in [2.05, 4.69) is 5.32 Å². The highest BCUT2D eigenvalue weighted by atomic mass is 32.1. The van der Waals surface area contributed by atoms with Gasteiger partial charge in [-0.1, -0.05) is 0 Å². The van der Waals surface area contributed by atoms with Crippen LogP contribution in [0.3, 0.4) is 0 Å². The Morgan fingerprint density at radius 2 is 2.08 bits per heavy atom. The fourth-order valence-electron chi connectivity index (χ4n) is 2.13. The van der Waals surface area contributed by atoms with E-state index in [1.165, 1.54) is 17.4 Å². The molecule has 0 aliphatic heterocycles. The third-order valence-corrected chi connectivity index (χ3v) is 4.43. The first-order chi connectivity index (χ1) is 11.5. The van der Waals surface area contributed by atoms with Crippen molar-refractivity contribution >= 4 is 17.2 Å². The van der Waals surface area contributed by atoms with Crippen LogP contribution in [0.2, 0.25) is 0 Å².